The Bertz CT molecular complexity index is 825. The van der Waals surface area contributed by atoms with Crippen LogP contribution in [0.5, 0.6) is 5.75 Å². The lowest BCUT2D eigenvalue weighted by Crippen LogP contribution is -2.40. The number of benzene rings is 1. The van der Waals surface area contributed by atoms with Crippen molar-refractivity contribution in [1.82, 2.24) is 5.32 Å². The molecular formula is C28H42ClN2O2+. The number of pyridine rings is 1. The van der Waals surface area contributed by atoms with Crippen LogP contribution in [0.4, 0.5) is 0 Å². The van der Waals surface area contributed by atoms with E-state index in [1.807, 2.05) is 30.5 Å². The van der Waals surface area contributed by atoms with Gasteiger partial charge in [-0.1, -0.05) is 89.3 Å². The van der Waals surface area contributed by atoms with Crippen molar-refractivity contribution in [2.45, 2.75) is 97.6 Å². The molecule has 0 bridgehead atoms. The Hall–Kier alpha value is -2.07. The van der Waals surface area contributed by atoms with Gasteiger partial charge in [-0.3, -0.25) is 4.79 Å². The van der Waals surface area contributed by atoms with Crippen molar-refractivity contribution in [2.24, 2.45) is 0 Å². The van der Waals surface area contributed by atoms with Crippen molar-refractivity contribution in [3.05, 3.63) is 58.9 Å². The number of rotatable bonds is 17. The summed E-state index contributed by atoms with van der Waals surface area (Å²) in [6.45, 7) is 6.48. The molecule has 0 spiro atoms. The first-order chi connectivity index (χ1) is 16.2. The van der Waals surface area contributed by atoms with E-state index < -0.39 is 0 Å². The molecule has 0 aliphatic heterocycles. The van der Waals surface area contributed by atoms with Gasteiger partial charge in [-0.25, -0.2) is 4.57 Å². The van der Waals surface area contributed by atoms with Gasteiger partial charge in [0.15, 0.2) is 6.20 Å². The van der Waals surface area contributed by atoms with Crippen LogP contribution in [-0.2, 0) is 13.1 Å². The first-order valence-electron chi connectivity index (χ1n) is 12.8. The number of amides is 1. The largest absolute Gasteiger partial charge is 0.494 e. The summed E-state index contributed by atoms with van der Waals surface area (Å²) >= 11 is 6.38. The zero-order chi connectivity index (χ0) is 23.7. The zero-order valence-corrected chi connectivity index (χ0v) is 21.3. The minimum atomic E-state index is -0.173. The predicted molar refractivity (Wildman–Crippen MR) is 137 cm³/mol. The fourth-order valence-corrected chi connectivity index (χ4v) is 4.20. The van der Waals surface area contributed by atoms with Gasteiger partial charge in [0.1, 0.15) is 18.8 Å². The zero-order valence-electron chi connectivity index (χ0n) is 20.6. The molecule has 0 fully saturated rings. The van der Waals surface area contributed by atoms with Crippen LogP contribution in [0.15, 0.2) is 42.6 Å². The Morgan fingerprint density at radius 3 is 2.27 bits per heavy atom. The number of carbonyl (C=O) groups is 1. The number of hydrogen-bond donors (Lipinski definition) is 1. The van der Waals surface area contributed by atoms with Gasteiger partial charge < -0.3 is 10.1 Å². The van der Waals surface area contributed by atoms with E-state index in [-0.39, 0.29) is 5.91 Å². The molecule has 1 amide bonds. The number of unbranched alkanes of at least 4 members (excludes halogenated alkanes) is 9. The highest BCUT2D eigenvalue weighted by molar-refractivity contribution is 6.34. The molecule has 182 valence electrons. The van der Waals surface area contributed by atoms with Gasteiger partial charge in [0.25, 0.3) is 5.91 Å². The second kappa shape index (κ2) is 16.5. The smallest absolute Gasteiger partial charge is 0.253 e. The van der Waals surface area contributed by atoms with Gasteiger partial charge in [-0.15, -0.1) is 0 Å². The van der Waals surface area contributed by atoms with Gasteiger partial charge in [0.2, 0.25) is 5.69 Å². The molecule has 2 aromatic rings. The first kappa shape index (κ1) is 27.2. The standard InChI is InChI=1S/C28H41ClN2O2/c1-3-5-6-7-8-9-10-11-12-15-21-33-25-17-18-26(27(29)22-25)28(32)30-23-24-16-13-14-20-31(24)19-4-2/h13-14,16-18,20,22H,3-12,15,19,21,23H2,1-2H3/p+1. The van der Waals surface area contributed by atoms with Gasteiger partial charge in [0, 0.05) is 18.6 Å². The van der Waals surface area contributed by atoms with Crippen molar-refractivity contribution >= 4 is 17.5 Å². The first-order valence-corrected chi connectivity index (χ1v) is 13.2. The molecule has 2 rings (SSSR count). The normalized spacial score (nSPS) is 10.9. The molecule has 0 radical (unpaired) electrons. The fourth-order valence-electron chi connectivity index (χ4n) is 3.95. The quantitative estimate of drug-likeness (QED) is 0.194. The Morgan fingerprint density at radius 1 is 0.909 bits per heavy atom. The number of nitrogens with zero attached hydrogens (tertiary/aromatic N) is 1. The van der Waals surface area contributed by atoms with Gasteiger partial charge >= 0.3 is 0 Å². The van der Waals surface area contributed by atoms with Crippen LogP contribution in [0, 0.1) is 0 Å². The van der Waals surface area contributed by atoms with Crippen LogP contribution >= 0.6 is 11.6 Å². The molecule has 0 saturated carbocycles. The minimum Gasteiger partial charge on any atom is -0.494 e. The molecule has 1 aromatic heterocycles. The predicted octanol–water partition coefficient (Wildman–Crippen LogP) is 7.27. The lowest BCUT2D eigenvalue weighted by atomic mass is 10.1. The summed E-state index contributed by atoms with van der Waals surface area (Å²) in [5.41, 5.74) is 1.54. The van der Waals surface area contributed by atoms with Crippen molar-refractivity contribution < 1.29 is 14.1 Å². The minimum absolute atomic E-state index is 0.173. The molecule has 1 heterocycles. The maximum absolute atomic E-state index is 12.6. The van der Waals surface area contributed by atoms with E-state index in [9.17, 15) is 4.79 Å². The van der Waals surface area contributed by atoms with Crippen LogP contribution in [-0.4, -0.2) is 12.5 Å². The van der Waals surface area contributed by atoms with Crippen molar-refractivity contribution in [3.8, 4) is 5.75 Å². The molecule has 5 heteroatoms. The summed E-state index contributed by atoms with van der Waals surface area (Å²) in [5, 5.41) is 3.40. The lowest BCUT2D eigenvalue weighted by Gasteiger charge is -2.10. The SMILES string of the molecule is CCCCCCCCCCCCOc1ccc(C(=O)NCc2cccc[n+]2CCC)c(Cl)c1. The molecule has 0 saturated heterocycles. The molecule has 0 unspecified atom stereocenters. The van der Waals surface area contributed by atoms with Gasteiger partial charge in [-0.2, -0.15) is 0 Å². The molecule has 1 aromatic carbocycles. The number of aromatic nitrogens is 1. The molecule has 0 aliphatic rings. The second-order valence-corrected chi connectivity index (χ2v) is 9.15. The van der Waals surface area contributed by atoms with Crippen LogP contribution in [0.2, 0.25) is 5.02 Å². The highest BCUT2D eigenvalue weighted by Crippen LogP contribution is 2.23. The maximum atomic E-state index is 12.6. The van der Waals surface area contributed by atoms with E-state index in [0.717, 1.165) is 30.8 Å². The average molecular weight is 474 g/mol. The third-order valence-corrected chi connectivity index (χ3v) is 6.19. The van der Waals surface area contributed by atoms with E-state index >= 15 is 0 Å². The summed E-state index contributed by atoms with van der Waals surface area (Å²) in [7, 11) is 0. The van der Waals surface area contributed by atoms with E-state index in [1.165, 1.54) is 57.8 Å². The molecule has 0 atom stereocenters. The maximum Gasteiger partial charge on any atom is 0.253 e. The Labute approximate surface area is 205 Å². The fraction of sp³-hybridized carbons (Fsp3) is 0.571. The Kier molecular flexibility index (Phi) is 13.6. The summed E-state index contributed by atoms with van der Waals surface area (Å²) in [5.74, 6) is 0.546. The van der Waals surface area contributed by atoms with Gasteiger partial charge in [0.05, 0.1) is 17.2 Å². The highest BCUT2D eigenvalue weighted by Gasteiger charge is 2.14. The second-order valence-electron chi connectivity index (χ2n) is 8.74. The monoisotopic (exact) mass is 473 g/mol. The molecule has 4 nitrogen and oxygen atoms in total. The molecule has 1 N–H and O–H groups in total. The number of hydrogen-bond acceptors (Lipinski definition) is 2. The summed E-state index contributed by atoms with van der Waals surface area (Å²) in [4.78, 5) is 12.6. The summed E-state index contributed by atoms with van der Waals surface area (Å²) < 4.78 is 8.01. The van der Waals surface area contributed by atoms with E-state index in [2.05, 4.69) is 23.7 Å². The van der Waals surface area contributed by atoms with Gasteiger partial charge in [-0.05, 0) is 24.6 Å². The highest BCUT2D eigenvalue weighted by atomic mass is 35.5. The van der Waals surface area contributed by atoms with Crippen molar-refractivity contribution in [3.63, 3.8) is 0 Å². The van der Waals surface area contributed by atoms with E-state index in [1.54, 1.807) is 12.1 Å². The third kappa shape index (κ3) is 10.6. The van der Waals surface area contributed by atoms with Crippen molar-refractivity contribution in [1.29, 1.82) is 0 Å². The molecule has 0 aliphatic carbocycles. The van der Waals surface area contributed by atoms with Crippen LogP contribution < -0.4 is 14.6 Å². The number of carbonyl (C=O) groups excluding carboxylic acids is 1. The Balaban J connectivity index is 1.67. The number of ether oxygens (including phenoxy) is 1. The lowest BCUT2D eigenvalue weighted by molar-refractivity contribution is -0.704. The van der Waals surface area contributed by atoms with E-state index in [4.69, 9.17) is 16.3 Å². The van der Waals surface area contributed by atoms with Crippen molar-refractivity contribution in [2.75, 3.05) is 6.61 Å². The topological polar surface area (TPSA) is 42.2 Å². The number of aryl methyl sites for hydroxylation is 1. The number of halogens is 1. The van der Waals surface area contributed by atoms with Crippen LogP contribution in [0.3, 0.4) is 0 Å². The summed E-state index contributed by atoms with van der Waals surface area (Å²) in [6, 6.07) is 11.3. The molecular weight excluding hydrogens is 432 g/mol. The number of nitrogens with one attached hydrogen (secondary N) is 1. The van der Waals surface area contributed by atoms with Crippen LogP contribution in [0.1, 0.15) is 101 Å². The Morgan fingerprint density at radius 2 is 1.61 bits per heavy atom. The average Bonchev–Trinajstić information content (AvgIpc) is 2.82. The summed E-state index contributed by atoms with van der Waals surface area (Å²) in [6.07, 6.45) is 16.1. The van der Waals surface area contributed by atoms with Crippen LogP contribution in [0.25, 0.3) is 0 Å². The molecule has 33 heavy (non-hydrogen) atoms. The third-order valence-electron chi connectivity index (χ3n) is 5.88. The van der Waals surface area contributed by atoms with E-state index in [0.29, 0.717) is 23.7 Å².